The predicted octanol–water partition coefficient (Wildman–Crippen LogP) is 0.324. The van der Waals surface area contributed by atoms with E-state index in [1.807, 2.05) is 0 Å². The number of pyridine rings is 1. The van der Waals surface area contributed by atoms with Crippen molar-refractivity contribution in [2.45, 2.75) is 50.3 Å². The van der Waals surface area contributed by atoms with E-state index in [-0.39, 0.29) is 24.7 Å². The van der Waals surface area contributed by atoms with Crippen molar-refractivity contribution in [3.8, 4) is 5.75 Å². The third-order valence-electron chi connectivity index (χ3n) is 6.19. The molecule has 4 rings (SSSR count). The van der Waals surface area contributed by atoms with Crippen LogP contribution in [0.1, 0.15) is 31.4 Å². The van der Waals surface area contributed by atoms with Gasteiger partial charge in [0.2, 0.25) is 17.4 Å². The smallest absolute Gasteiger partial charge is 0.407 e. The minimum Gasteiger partial charge on any atom is -0.472 e. The van der Waals surface area contributed by atoms with Crippen molar-refractivity contribution >= 4 is 29.6 Å². The highest BCUT2D eigenvalue weighted by atomic mass is 16.5. The Balaban J connectivity index is 1.64. The maximum absolute atomic E-state index is 13.4. The Morgan fingerprint density at radius 1 is 1.42 bits per heavy atom. The number of hydrogen-bond donors (Lipinski definition) is 3. The van der Waals surface area contributed by atoms with E-state index in [0.29, 0.717) is 17.9 Å². The predicted molar refractivity (Wildman–Crippen MR) is 107 cm³/mol. The molecule has 1 spiro atoms. The van der Waals surface area contributed by atoms with Gasteiger partial charge in [-0.05, 0) is 31.4 Å². The number of likely N-dealkylation sites (tertiary alicyclic amines) is 1. The molecule has 0 aromatic carbocycles. The summed E-state index contributed by atoms with van der Waals surface area (Å²) in [5.41, 5.74) is 4.75. The average molecular weight is 431 g/mol. The lowest BCUT2D eigenvalue weighted by atomic mass is 9.97. The van der Waals surface area contributed by atoms with Gasteiger partial charge in [0.1, 0.15) is 12.1 Å². The highest BCUT2D eigenvalue weighted by molar-refractivity contribution is 6.02. The number of carbonyl (C=O) groups excluding carboxylic acids is 3. The summed E-state index contributed by atoms with van der Waals surface area (Å²) in [6.07, 6.45) is 0.839. The third kappa shape index (κ3) is 3.75. The van der Waals surface area contributed by atoms with Gasteiger partial charge in [-0.1, -0.05) is 12.8 Å². The number of nitrogens with two attached hydrogens (primary N) is 1. The maximum atomic E-state index is 13.4. The fraction of sp³-hybridized carbons (Fsp3) is 0.550. The van der Waals surface area contributed by atoms with Crippen LogP contribution in [0.3, 0.4) is 0 Å². The van der Waals surface area contributed by atoms with Gasteiger partial charge in [0.15, 0.2) is 11.6 Å². The van der Waals surface area contributed by atoms with Crippen LogP contribution in [-0.4, -0.2) is 75.0 Å². The number of amides is 4. The lowest BCUT2D eigenvalue weighted by molar-refractivity contribution is -0.142. The molecule has 0 bridgehead atoms. The van der Waals surface area contributed by atoms with Gasteiger partial charge in [-0.2, -0.15) is 0 Å². The summed E-state index contributed by atoms with van der Waals surface area (Å²) in [6, 6.07) is 1.32. The first-order valence-electron chi connectivity index (χ1n) is 10.1. The minimum absolute atomic E-state index is 0.125. The van der Waals surface area contributed by atoms with Crippen LogP contribution >= 0.6 is 0 Å². The molecule has 0 unspecified atom stereocenters. The van der Waals surface area contributed by atoms with Crippen molar-refractivity contribution in [1.29, 1.82) is 0 Å². The molecule has 1 aromatic heterocycles. The number of primary amides is 1. The standard InChI is InChI=1S/C20H25N5O6/c1-10-3-6-14-16(22-10)23-18(28)20(31-14)8-13(15(21)26)25(9-20)17(27)12(7-11-4-5-11)24(2)19(29)30/h3,6,11-13H,4-5,7-9H2,1-2H3,(H2,21,26)(H,29,30)(H,22,23,28)/t12-,13-,20+/m0/s1. The molecule has 166 valence electrons. The van der Waals surface area contributed by atoms with Crippen molar-refractivity contribution in [3.63, 3.8) is 0 Å². The number of ether oxygens (including phenoxy) is 1. The van der Waals surface area contributed by atoms with Crippen LogP contribution in [0, 0.1) is 12.8 Å². The van der Waals surface area contributed by atoms with Crippen LogP contribution in [0.2, 0.25) is 0 Å². The largest absolute Gasteiger partial charge is 0.472 e. The Kier molecular flexibility index (Phi) is 4.98. The van der Waals surface area contributed by atoms with Crippen LogP contribution in [0.4, 0.5) is 10.6 Å². The molecule has 11 heteroatoms. The zero-order chi connectivity index (χ0) is 22.5. The molecule has 2 fully saturated rings. The Hall–Kier alpha value is -3.37. The van der Waals surface area contributed by atoms with Gasteiger partial charge >= 0.3 is 6.09 Å². The van der Waals surface area contributed by atoms with Crippen molar-refractivity contribution in [2.75, 3.05) is 18.9 Å². The Morgan fingerprint density at radius 2 is 2.13 bits per heavy atom. The third-order valence-corrected chi connectivity index (χ3v) is 6.19. The molecule has 0 radical (unpaired) electrons. The number of nitrogens with one attached hydrogen (secondary N) is 1. The Labute approximate surface area is 178 Å². The molecule has 1 aromatic rings. The topological polar surface area (TPSA) is 155 Å². The molecule has 11 nitrogen and oxygen atoms in total. The monoisotopic (exact) mass is 431 g/mol. The van der Waals surface area contributed by atoms with Crippen molar-refractivity contribution in [1.82, 2.24) is 14.8 Å². The van der Waals surface area contributed by atoms with Crippen LogP contribution in [0.25, 0.3) is 0 Å². The molecule has 3 heterocycles. The van der Waals surface area contributed by atoms with Gasteiger partial charge in [-0.3, -0.25) is 19.3 Å². The summed E-state index contributed by atoms with van der Waals surface area (Å²) in [7, 11) is 1.33. The molecule has 31 heavy (non-hydrogen) atoms. The van der Waals surface area contributed by atoms with Gasteiger partial charge in [0.25, 0.3) is 5.91 Å². The molecule has 2 aliphatic heterocycles. The summed E-state index contributed by atoms with van der Waals surface area (Å²) in [6.45, 7) is 1.56. The second-order valence-corrected chi connectivity index (χ2v) is 8.53. The van der Waals surface area contributed by atoms with E-state index in [0.717, 1.165) is 17.7 Å². The van der Waals surface area contributed by atoms with E-state index in [1.54, 1.807) is 19.1 Å². The van der Waals surface area contributed by atoms with E-state index in [4.69, 9.17) is 10.5 Å². The molecule has 4 amide bonds. The van der Waals surface area contributed by atoms with E-state index in [9.17, 15) is 24.3 Å². The fourth-order valence-corrected chi connectivity index (χ4v) is 4.21. The van der Waals surface area contributed by atoms with E-state index in [1.165, 1.54) is 11.9 Å². The number of nitrogens with zero attached hydrogens (tertiary/aromatic N) is 3. The number of anilines is 1. The first-order chi connectivity index (χ1) is 14.6. The minimum atomic E-state index is -1.51. The first kappa shape index (κ1) is 20.9. The van der Waals surface area contributed by atoms with Gasteiger partial charge in [-0.15, -0.1) is 0 Å². The highest BCUT2D eigenvalue weighted by Gasteiger charge is 2.57. The Bertz CT molecular complexity index is 963. The molecule has 1 aliphatic carbocycles. The number of fused-ring (bicyclic) bond motifs is 1. The summed E-state index contributed by atoms with van der Waals surface area (Å²) in [4.78, 5) is 56.5. The molecule has 4 N–H and O–H groups in total. The average Bonchev–Trinajstić information content (AvgIpc) is 3.45. The van der Waals surface area contributed by atoms with Crippen LogP contribution in [-0.2, 0) is 14.4 Å². The number of carboxylic acid groups (broad SMARTS) is 1. The number of hydrogen-bond acceptors (Lipinski definition) is 6. The number of aryl methyl sites for hydroxylation is 1. The van der Waals surface area contributed by atoms with Gasteiger partial charge in [-0.25, -0.2) is 9.78 Å². The van der Waals surface area contributed by atoms with Crippen LogP contribution in [0.5, 0.6) is 5.75 Å². The van der Waals surface area contributed by atoms with Gasteiger partial charge in [0.05, 0.1) is 6.54 Å². The molecular formula is C20H25N5O6. The van der Waals surface area contributed by atoms with Gasteiger partial charge < -0.3 is 25.8 Å². The zero-order valence-electron chi connectivity index (χ0n) is 17.3. The first-order valence-corrected chi connectivity index (χ1v) is 10.1. The summed E-state index contributed by atoms with van der Waals surface area (Å²) in [5.74, 6) is -0.993. The summed E-state index contributed by atoms with van der Waals surface area (Å²) < 4.78 is 5.98. The van der Waals surface area contributed by atoms with E-state index < -0.39 is 41.5 Å². The number of aromatic nitrogens is 1. The molecule has 1 saturated carbocycles. The Morgan fingerprint density at radius 3 is 2.74 bits per heavy atom. The number of carbonyl (C=O) groups is 4. The highest BCUT2D eigenvalue weighted by Crippen LogP contribution is 2.41. The van der Waals surface area contributed by atoms with E-state index >= 15 is 0 Å². The maximum Gasteiger partial charge on any atom is 0.407 e. The number of rotatable bonds is 5. The van der Waals surface area contributed by atoms with E-state index in [2.05, 4.69) is 10.3 Å². The van der Waals surface area contributed by atoms with Crippen LogP contribution < -0.4 is 15.8 Å². The zero-order valence-corrected chi connectivity index (χ0v) is 17.3. The lowest BCUT2D eigenvalue weighted by Crippen LogP contribution is -2.55. The van der Waals surface area contributed by atoms with Crippen LogP contribution in [0.15, 0.2) is 12.1 Å². The second-order valence-electron chi connectivity index (χ2n) is 8.53. The van der Waals surface area contributed by atoms with Gasteiger partial charge in [0, 0.05) is 19.2 Å². The lowest BCUT2D eigenvalue weighted by Gasteiger charge is -2.34. The summed E-state index contributed by atoms with van der Waals surface area (Å²) in [5, 5.41) is 12.1. The number of likely N-dealkylation sites (N-methyl/N-ethyl adjacent to an activating group) is 1. The second kappa shape index (κ2) is 7.40. The molecule has 3 aliphatic rings. The fourth-order valence-electron chi connectivity index (χ4n) is 4.21. The van der Waals surface area contributed by atoms with Crippen molar-refractivity contribution < 1.29 is 29.0 Å². The quantitative estimate of drug-likeness (QED) is 0.606. The molecular weight excluding hydrogens is 406 g/mol. The van der Waals surface area contributed by atoms with Crippen molar-refractivity contribution in [2.24, 2.45) is 11.7 Å². The molecule has 3 atom stereocenters. The van der Waals surface area contributed by atoms with Crippen molar-refractivity contribution in [3.05, 3.63) is 17.8 Å². The normalized spacial score (nSPS) is 25.4. The SMILES string of the molecule is Cc1ccc2c(n1)NC(=O)[C@]1(C[C@@H](C(N)=O)N(C(=O)[C@H](CC3CC3)N(C)C(=O)O)C1)O2. The molecule has 1 saturated heterocycles. The summed E-state index contributed by atoms with van der Waals surface area (Å²) >= 11 is 0.